The fourth-order valence-electron chi connectivity index (χ4n) is 1.91. The summed E-state index contributed by atoms with van der Waals surface area (Å²) in [6.45, 7) is 3.48. The molecule has 0 saturated carbocycles. The van der Waals surface area contributed by atoms with Crippen molar-refractivity contribution in [3.8, 4) is 11.5 Å². The first-order chi connectivity index (χ1) is 8.42. The van der Waals surface area contributed by atoms with Crippen LogP contribution in [0.25, 0.3) is 0 Å². The van der Waals surface area contributed by atoms with Crippen LogP contribution in [0.2, 0.25) is 5.02 Å². The number of carboxylic acid groups (broad SMARTS) is 1. The van der Waals surface area contributed by atoms with Crippen molar-refractivity contribution >= 4 is 17.6 Å². The number of ether oxygens (including phenoxy) is 2. The average Bonchev–Trinajstić information content (AvgIpc) is 2.29. The van der Waals surface area contributed by atoms with Crippen molar-refractivity contribution in [2.24, 2.45) is 5.92 Å². The highest BCUT2D eigenvalue weighted by Gasteiger charge is 2.19. The number of carbonyl (C=O) groups is 1. The summed E-state index contributed by atoms with van der Waals surface area (Å²) in [5, 5.41) is 9.41. The zero-order valence-corrected chi connectivity index (χ0v) is 11.7. The van der Waals surface area contributed by atoms with E-state index in [-0.39, 0.29) is 0 Å². The van der Waals surface area contributed by atoms with Gasteiger partial charge in [-0.15, -0.1) is 0 Å². The Morgan fingerprint density at radius 3 is 2.39 bits per heavy atom. The number of methoxy groups -OCH3 is 2. The van der Waals surface area contributed by atoms with Crippen LogP contribution in [0.1, 0.15) is 18.1 Å². The number of hydrogen-bond donors (Lipinski definition) is 1. The van der Waals surface area contributed by atoms with E-state index in [4.69, 9.17) is 26.2 Å². The first-order valence-corrected chi connectivity index (χ1v) is 5.92. The van der Waals surface area contributed by atoms with E-state index < -0.39 is 11.9 Å². The molecule has 0 bridgehead atoms. The summed E-state index contributed by atoms with van der Waals surface area (Å²) in [7, 11) is 3.08. The molecule has 0 aromatic heterocycles. The molecular formula is C13H17ClO4. The summed E-state index contributed by atoms with van der Waals surface area (Å²) in [6.07, 6.45) is 0.364. The van der Waals surface area contributed by atoms with Gasteiger partial charge >= 0.3 is 5.97 Å². The first kappa shape index (κ1) is 14.6. The molecule has 1 aromatic rings. The van der Waals surface area contributed by atoms with Crippen molar-refractivity contribution in [1.82, 2.24) is 0 Å². The van der Waals surface area contributed by atoms with Crippen molar-refractivity contribution in [2.75, 3.05) is 14.2 Å². The van der Waals surface area contributed by atoms with Gasteiger partial charge in [-0.25, -0.2) is 0 Å². The Kier molecular flexibility index (Phi) is 4.84. The van der Waals surface area contributed by atoms with E-state index in [0.29, 0.717) is 22.9 Å². The lowest BCUT2D eigenvalue weighted by atomic mass is 9.98. The van der Waals surface area contributed by atoms with E-state index in [1.165, 1.54) is 7.11 Å². The Hall–Kier alpha value is -1.42. The van der Waals surface area contributed by atoms with Gasteiger partial charge in [0.25, 0.3) is 0 Å². The van der Waals surface area contributed by atoms with Crippen LogP contribution in [0.5, 0.6) is 11.5 Å². The standard InChI is InChI=1S/C13H17ClO4/c1-7(13(15)16)5-9-6-10(14)12(18-4)8(2)11(9)17-3/h6-7H,5H2,1-4H3,(H,15,16). The Balaban J connectivity index is 3.24. The predicted molar refractivity (Wildman–Crippen MR) is 69.8 cm³/mol. The van der Waals surface area contributed by atoms with Crippen LogP contribution in [-0.2, 0) is 11.2 Å². The lowest BCUT2D eigenvalue weighted by Gasteiger charge is -2.17. The number of benzene rings is 1. The maximum Gasteiger partial charge on any atom is 0.306 e. The molecule has 0 spiro atoms. The smallest absolute Gasteiger partial charge is 0.306 e. The number of aliphatic carboxylic acids is 1. The summed E-state index contributed by atoms with van der Waals surface area (Å²) < 4.78 is 10.5. The Bertz CT molecular complexity index is 457. The van der Waals surface area contributed by atoms with Gasteiger partial charge in [-0.05, 0) is 25.0 Å². The van der Waals surface area contributed by atoms with Gasteiger partial charge in [-0.2, -0.15) is 0 Å². The van der Waals surface area contributed by atoms with E-state index in [1.807, 2.05) is 6.92 Å². The van der Waals surface area contributed by atoms with E-state index in [9.17, 15) is 4.79 Å². The second-order valence-electron chi connectivity index (χ2n) is 4.15. The molecule has 0 aliphatic heterocycles. The molecule has 1 rings (SSSR count). The van der Waals surface area contributed by atoms with Crippen LogP contribution < -0.4 is 9.47 Å². The monoisotopic (exact) mass is 272 g/mol. The van der Waals surface area contributed by atoms with E-state index in [0.717, 1.165) is 11.1 Å². The third-order valence-electron chi connectivity index (χ3n) is 2.85. The minimum atomic E-state index is -0.846. The van der Waals surface area contributed by atoms with Gasteiger partial charge < -0.3 is 14.6 Å². The van der Waals surface area contributed by atoms with Crippen LogP contribution in [0.3, 0.4) is 0 Å². The predicted octanol–water partition coefficient (Wildman–Crippen LogP) is 2.93. The fourth-order valence-corrected chi connectivity index (χ4v) is 2.26. The van der Waals surface area contributed by atoms with Crippen LogP contribution in [-0.4, -0.2) is 25.3 Å². The largest absolute Gasteiger partial charge is 0.496 e. The molecule has 0 aliphatic rings. The second-order valence-corrected chi connectivity index (χ2v) is 4.56. The molecule has 5 heteroatoms. The van der Waals surface area contributed by atoms with Crippen LogP contribution >= 0.6 is 11.6 Å². The highest BCUT2D eigenvalue weighted by Crippen LogP contribution is 2.38. The Morgan fingerprint density at radius 1 is 1.39 bits per heavy atom. The lowest BCUT2D eigenvalue weighted by molar-refractivity contribution is -0.141. The molecule has 1 unspecified atom stereocenters. The Morgan fingerprint density at radius 2 is 1.94 bits per heavy atom. The van der Waals surface area contributed by atoms with Crippen molar-refractivity contribution < 1.29 is 19.4 Å². The van der Waals surface area contributed by atoms with E-state index in [2.05, 4.69) is 0 Å². The molecule has 4 nitrogen and oxygen atoms in total. The molecule has 100 valence electrons. The number of halogens is 1. The maximum atomic E-state index is 10.9. The third kappa shape index (κ3) is 2.88. The fraction of sp³-hybridized carbons (Fsp3) is 0.462. The maximum absolute atomic E-state index is 10.9. The first-order valence-electron chi connectivity index (χ1n) is 5.55. The van der Waals surface area contributed by atoms with Gasteiger partial charge in [0.2, 0.25) is 0 Å². The number of carboxylic acids is 1. The highest BCUT2D eigenvalue weighted by molar-refractivity contribution is 6.32. The summed E-state index contributed by atoms with van der Waals surface area (Å²) >= 11 is 6.10. The minimum absolute atomic E-state index is 0.364. The SMILES string of the molecule is COc1c(Cl)cc(CC(C)C(=O)O)c(OC)c1C. The number of hydrogen-bond acceptors (Lipinski definition) is 3. The second kappa shape index (κ2) is 5.96. The molecule has 1 aromatic carbocycles. The zero-order valence-electron chi connectivity index (χ0n) is 10.9. The van der Waals surface area contributed by atoms with E-state index >= 15 is 0 Å². The molecule has 0 radical (unpaired) electrons. The summed E-state index contributed by atoms with van der Waals surface area (Å²) in [4.78, 5) is 10.9. The quantitative estimate of drug-likeness (QED) is 0.895. The molecule has 0 heterocycles. The van der Waals surface area contributed by atoms with Crippen molar-refractivity contribution in [3.05, 3.63) is 22.2 Å². The Labute approximate surface area is 111 Å². The zero-order chi connectivity index (χ0) is 13.9. The number of rotatable bonds is 5. The summed E-state index contributed by atoms with van der Waals surface area (Å²) in [5.41, 5.74) is 1.55. The van der Waals surface area contributed by atoms with Gasteiger partial charge in [0.05, 0.1) is 25.2 Å². The van der Waals surface area contributed by atoms with Crippen molar-refractivity contribution in [3.63, 3.8) is 0 Å². The topological polar surface area (TPSA) is 55.8 Å². The van der Waals surface area contributed by atoms with Gasteiger partial charge in [-0.3, -0.25) is 4.79 Å². The molecule has 0 amide bonds. The van der Waals surface area contributed by atoms with Crippen molar-refractivity contribution in [2.45, 2.75) is 20.3 Å². The molecule has 18 heavy (non-hydrogen) atoms. The molecule has 0 saturated heterocycles. The van der Waals surface area contributed by atoms with Gasteiger partial charge in [0, 0.05) is 5.56 Å². The van der Waals surface area contributed by atoms with Gasteiger partial charge in [0.15, 0.2) is 0 Å². The van der Waals surface area contributed by atoms with Crippen molar-refractivity contribution in [1.29, 1.82) is 0 Å². The highest BCUT2D eigenvalue weighted by atomic mass is 35.5. The van der Waals surface area contributed by atoms with Crippen LogP contribution in [0.15, 0.2) is 6.07 Å². The van der Waals surface area contributed by atoms with Crippen LogP contribution in [0.4, 0.5) is 0 Å². The molecule has 0 fully saturated rings. The molecular weight excluding hydrogens is 256 g/mol. The van der Waals surface area contributed by atoms with Gasteiger partial charge in [-0.1, -0.05) is 18.5 Å². The molecule has 1 atom stereocenters. The summed E-state index contributed by atoms with van der Waals surface area (Å²) in [5.74, 6) is -0.158. The minimum Gasteiger partial charge on any atom is -0.496 e. The molecule has 0 aliphatic carbocycles. The normalized spacial score (nSPS) is 12.1. The molecule has 1 N–H and O–H groups in total. The summed E-state index contributed by atoms with van der Waals surface area (Å²) in [6, 6.07) is 1.70. The lowest BCUT2D eigenvalue weighted by Crippen LogP contribution is -2.13. The van der Waals surface area contributed by atoms with Gasteiger partial charge in [0.1, 0.15) is 11.5 Å². The van der Waals surface area contributed by atoms with E-state index in [1.54, 1.807) is 20.1 Å². The van der Waals surface area contributed by atoms with Crippen LogP contribution in [0, 0.1) is 12.8 Å². The average molecular weight is 273 g/mol. The third-order valence-corrected chi connectivity index (χ3v) is 3.13.